The van der Waals surface area contributed by atoms with Gasteiger partial charge in [-0.2, -0.15) is 5.26 Å². The van der Waals surface area contributed by atoms with Gasteiger partial charge in [-0.05, 0) is 25.0 Å². The Morgan fingerprint density at radius 2 is 2.05 bits per heavy atom. The molecule has 0 aromatic heterocycles. The van der Waals surface area contributed by atoms with E-state index in [1.165, 1.54) is 6.42 Å². The third-order valence-electron chi connectivity index (χ3n) is 3.85. The highest BCUT2D eigenvalue weighted by molar-refractivity contribution is 5.97. The number of benzene rings is 1. The molecular weight excluding hydrogens is 252 g/mol. The second-order valence-electron chi connectivity index (χ2n) is 5.08. The van der Waals surface area contributed by atoms with Crippen LogP contribution in [0, 0.1) is 11.3 Å². The Kier molecular flexibility index (Phi) is 5.00. The highest BCUT2D eigenvalue weighted by atomic mass is 16.5. The van der Waals surface area contributed by atoms with Gasteiger partial charge in [0.25, 0.3) is 5.91 Å². The minimum atomic E-state index is -0.101. The molecule has 0 atom stereocenters. The summed E-state index contributed by atoms with van der Waals surface area (Å²) in [7, 11) is 1.56. The molecule has 1 saturated carbocycles. The molecular formula is C16H20N2O2. The standard InChI is InChI=1S/C16H20N2O2/c1-20-15-10-6-5-9-14(15)16(19)18(12-11-17)13-7-3-2-4-8-13/h5-6,9-10,13H,2-4,7-8,12H2,1H3. The zero-order valence-corrected chi connectivity index (χ0v) is 11.8. The summed E-state index contributed by atoms with van der Waals surface area (Å²) in [4.78, 5) is 14.4. The predicted molar refractivity (Wildman–Crippen MR) is 76.5 cm³/mol. The SMILES string of the molecule is COc1ccccc1C(=O)N(CC#N)C1CCCCC1. The van der Waals surface area contributed by atoms with Crippen LogP contribution in [0.5, 0.6) is 5.75 Å². The van der Waals surface area contributed by atoms with Crippen LogP contribution in [0.3, 0.4) is 0 Å². The van der Waals surface area contributed by atoms with Crippen LogP contribution in [0.2, 0.25) is 0 Å². The van der Waals surface area contributed by atoms with Gasteiger partial charge in [0.1, 0.15) is 12.3 Å². The maximum Gasteiger partial charge on any atom is 0.258 e. The fourth-order valence-corrected chi connectivity index (χ4v) is 2.81. The summed E-state index contributed by atoms with van der Waals surface area (Å²) in [5, 5.41) is 9.01. The molecule has 0 bridgehead atoms. The summed E-state index contributed by atoms with van der Waals surface area (Å²) in [6, 6.07) is 9.49. The van der Waals surface area contributed by atoms with E-state index in [-0.39, 0.29) is 18.5 Å². The Morgan fingerprint density at radius 3 is 2.70 bits per heavy atom. The lowest BCUT2D eigenvalue weighted by molar-refractivity contribution is 0.0663. The van der Waals surface area contributed by atoms with Crippen molar-refractivity contribution in [3.63, 3.8) is 0 Å². The van der Waals surface area contributed by atoms with E-state index in [0.717, 1.165) is 25.7 Å². The summed E-state index contributed by atoms with van der Waals surface area (Å²) >= 11 is 0. The lowest BCUT2D eigenvalue weighted by atomic mass is 9.93. The number of carbonyl (C=O) groups is 1. The Morgan fingerprint density at radius 1 is 1.35 bits per heavy atom. The van der Waals surface area contributed by atoms with Crippen molar-refractivity contribution in [2.24, 2.45) is 0 Å². The number of carbonyl (C=O) groups excluding carboxylic acids is 1. The summed E-state index contributed by atoms with van der Waals surface area (Å²) in [5.41, 5.74) is 0.538. The quantitative estimate of drug-likeness (QED) is 0.792. The maximum absolute atomic E-state index is 12.7. The fraction of sp³-hybridized carbons (Fsp3) is 0.500. The molecule has 2 rings (SSSR count). The molecule has 1 aromatic rings. The fourth-order valence-electron chi connectivity index (χ4n) is 2.81. The minimum absolute atomic E-state index is 0.101. The van der Waals surface area contributed by atoms with Crippen molar-refractivity contribution in [3.8, 4) is 11.8 Å². The van der Waals surface area contributed by atoms with Crippen molar-refractivity contribution in [2.75, 3.05) is 13.7 Å². The van der Waals surface area contributed by atoms with Gasteiger partial charge < -0.3 is 9.64 Å². The van der Waals surface area contributed by atoms with Crippen LogP contribution in [-0.4, -0.2) is 30.5 Å². The van der Waals surface area contributed by atoms with Gasteiger partial charge >= 0.3 is 0 Å². The van der Waals surface area contributed by atoms with E-state index in [1.807, 2.05) is 12.1 Å². The van der Waals surface area contributed by atoms with E-state index in [2.05, 4.69) is 6.07 Å². The lowest BCUT2D eigenvalue weighted by Crippen LogP contribution is -2.41. The van der Waals surface area contributed by atoms with Crippen molar-refractivity contribution in [1.29, 1.82) is 5.26 Å². The summed E-state index contributed by atoms with van der Waals surface area (Å²) in [6.07, 6.45) is 5.46. The molecule has 0 N–H and O–H groups in total. The molecule has 20 heavy (non-hydrogen) atoms. The average molecular weight is 272 g/mol. The lowest BCUT2D eigenvalue weighted by Gasteiger charge is -2.33. The smallest absolute Gasteiger partial charge is 0.258 e. The molecule has 1 aromatic carbocycles. The number of nitriles is 1. The molecule has 4 heteroatoms. The molecule has 106 valence electrons. The van der Waals surface area contributed by atoms with E-state index < -0.39 is 0 Å². The van der Waals surface area contributed by atoms with Crippen LogP contribution in [0.4, 0.5) is 0 Å². The summed E-state index contributed by atoms with van der Waals surface area (Å²) < 4.78 is 5.25. The first-order valence-electron chi connectivity index (χ1n) is 7.09. The number of para-hydroxylation sites is 1. The first-order chi connectivity index (χ1) is 9.77. The predicted octanol–water partition coefficient (Wildman–Crippen LogP) is 2.99. The van der Waals surface area contributed by atoms with Gasteiger partial charge in [-0.25, -0.2) is 0 Å². The number of ether oxygens (including phenoxy) is 1. The zero-order valence-electron chi connectivity index (χ0n) is 11.8. The van der Waals surface area contributed by atoms with Crippen molar-refractivity contribution in [2.45, 2.75) is 38.1 Å². The van der Waals surface area contributed by atoms with Gasteiger partial charge in [0.15, 0.2) is 0 Å². The van der Waals surface area contributed by atoms with Gasteiger partial charge in [0.05, 0.1) is 18.7 Å². The molecule has 1 fully saturated rings. The molecule has 4 nitrogen and oxygen atoms in total. The highest BCUT2D eigenvalue weighted by Crippen LogP contribution is 2.26. The molecule has 0 aliphatic heterocycles. The van der Waals surface area contributed by atoms with Crippen LogP contribution in [-0.2, 0) is 0 Å². The Labute approximate surface area is 120 Å². The third kappa shape index (κ3) is 3.11. The second-order valence-corrected chi connectivity index (χ2v) is 5.08. The third-order valence-corrected chi connectivity index (χ3v) is 3.85. The number of amides is 1. The van der Waals surface area contributed by atoms with E-state index in [1.54, 1.807) is 24.1 Å². The number of hydrogen-bond donors (Lipinski definition) is 0. The summed E-state index contributed by atoms with van der Waals surface area (Å²) in [6.45, 7) is 0.140. The summed E-state index contributed by atoms with van der Waals surface area (Å²) in [5.74, 6) is 0.465. The van der Waals surface area contributed by atoms with Crippen LogP contribution in [0.1, 0.15) is 42.5 Å². The van der Waals surface area contributed by atoms with E-state index in [9.17, 15) is 4.79 Å². The molecule has 0 radical (unpaired) electrons. The second kappa shape index (κ2) is 6.95. The molecule has 1 aliphatic carbocycles. The largest absolute Gasteiger partial charge is 0.496 e. The number of methoxy groups -OCH3 is 1. The Bertz CT molecular complexity index is 501. The van der Waals surface area contributed by atoms with Gasteiger partial charge in [0, 0.05) is 6.04 Å². The van der Waals surface area contributed by atoms with Gasteiger partial charge in [-0.3, -0.25) is 4.79 Å². The topological polar surface area (TPSA) is 53.3 Å². The van der Waals surface area contributed by atoms with Gasteiger partial charge in [-0.15, -0.1) is 0 Å². The van der Waals surface area contributed by atoms with Gasteiger partial charge in [0.2, 0.25) is 0 Å². The molecule has 0 heterocycles. The number of nitrogens with zero attached hydrogens (tertiary/aromatic N) is 2. The monoisotopic (exact) mass is 272 g/mol. The molecule has 1 amide bonds. The first-order valence-corrected chi connectivity index (χ1v) is 7.09. The number of rotatable bonds is 4. The van der Waals surface area contributed by atoms with Crippen molar-refractivity contribution >= 4 is 5.91 Å². The van der Waals surface area contributed by atoms with Crippen LogP contribution >= 0.6 is 0 Å². The van der Waals surface area contributed by atoms with Crippen molar-refractivity contribution < 1.29 is 9.53 Å². The van der Waals surface area contributed by atoms with Crippen LogP contribution < -0.4 is 4.74 Å². The zero-order chi connectivity index (χ0) is 14.4. The Balaban J connectivity index is 2.24. The van der Waals surface area contributed by atoms with E-state index >= 15 is 0 Å². The van der Waals surface area contributed by atoms with Crippen molar-refractivity contribution in [3.05, 3.63) is 29.8 Å². The highest BCUT2D eigenvalue weighted by Gasteiger charge is 2.27. The van der Waals surface area contributed by atoms with E-state index in [0.29, 0.717) is 11.3 Å². The first kappa shape index (κ1) is 14.4. The average Bonchev–Trinajstić information content (AvgIpc) is 2.52. The van der Waals surface area contributed by atoms with Crippen LogP contribution in [0.15, 0.2) is 24.3 Å². The van der Waals surface area contributed by atoms with Crippen molar-refractivity contribution in [1.82, 2.24) is 4.90 Å². The minimum Gasteiger partial charge on any atom is -0.496 e. The van der Waals surface area contributed by atoms with Crippen LogP contribution in [0.25, 0.3) is 0 Å². The maximum atomic E-state index is 12.7. The normalized spacial score (nSPS) is 15.4. The van der Waals surface area contributed by atoms with Gasteiger partial charge in [-0.1, -0.05) is 31.4 Å². The Hall–Kier alpha value is -2.02. The number of hydrogen-bond acceptors (Lipinski definition) is 3. The molecule has 0 saturated heterocycles. The molecule has 1 aliphatic rings. The van der Waals surface area contributed by atoms with E-state index in [4.69, 9.17) is 10.00 Å². The molecule has 0 spiro atoms. The molecule has 0 unspecified atom stereocenters.